The van der Waals surface area contributed by atoms with Gasteiger partial charge in [0.25, 0.3) is 0 Å². The maximum absolute atomic E-state index is 3.56. The fourth-order valence-corrected chi connectivity index (χ4v) is 3.94. The standard InChI is InChI=1S/C17H26N2/c1-3-13-8-9-16(18-2)17(10-13)19-11-14-6-4-5-7-15(14)12-19/h4-7,13,16-18H,3,8-12H2,1-2H3. The van der Waals surface area contributed by atoms with Crippen LogP contribution in [0.2, 0.25) is 0 Å². The van der Waals surface area contributed by atoms with Crippen LogP contribution in [0.3, 0.4) is 0 Å². The summed E-state index contributed by atoms with van der Waals surface area (Å²) in [7, 11) is 2.13. The van der Waals surface area contributed by atoms with Crippen molar-refractivity contribution >= 4 is 0 Å². The second-order valence-corrected chi connectivity index (χ2v) is 6.22. The molecule has 1 aromatic carbocycles. The van der Waals surface area contributed by atoms with Crippen LogP contribution in [0.4, 0.5) is 0 Å². The monoisotopic (exact) mass is 258 g/mol. The predicted octanol–water partition coefficient (Wildman–Crippen LogP) is 3.17. The Morgan fingerprint density at radius 1 is 1.16 bits per heavy atom. The van der Waals surface area contributed by atoms with E-state index in [2.05, 4.69) is 48.5 Å². The number of nitrogens with zero attached hydrogens (tertiary/aromatic N) is 1. The van der Waals surface area contributed by atoms with Crippen LogP contribution >= 0.6 is 0 Å². The molecule has 1 N–H and O–H groups in total. The molecule has 0 bridgehead atoms. The summed E-state index contributed by atoms with van der Waals surface area (Å²) in [4.78, 5) is 2.70. The summed E-state index contributed by atoms with van der Waals surface area (Å²) >= 11 is 0. The van der Waals surface area contributed by atoms with E-state index in [1.54, 1.807) is 0 Å². The SMILES string of the molecule is CCC1CCC(NC)C(N2Cc3ccccc3C2)C1. The van der Waals surface area contributed by atoms with E-state index in [9.17, 15) is 0 Å². The Bertz CT molecular complexity index is 404. The summed E-state index contributed by atoms with van der Waals surface area (Å²) in [5, 5.41) is 3.56. The molecule has 19 heavy (non-hydrogen) atoms. The van der Waals surface area contributed by atoms with Crippen LogP contribution in [0.5, 0.6) is 0 Å². The molecular formula is C17H26N2. The summed E-state index contributed by atoms with van der Waals surface area (Å²) in [6.45, 7) is 4.64. The quantitative estimate of drug-likeness (QED) is 0.896. The molecule has 1 saturated carbocycles. The van der Waals surface area contributed by atoms with Crippen molar-refractivity contribution in [1.82, 2.24) is 10.2 Å². The first-order valence-corrected chi connectivity index (χ1v) is 7.80. The average molecular weight is 258 g/mol. The van der Waals surface area contributed by atoms with Gasteiger partial charge in [-0.15, -0.1) is 0 Å². The molecule has 1 aliphatic carbocycles. The van der Waals surface area contributed by atoms with Crippen LogP contribution in [0, 0.1) is 5.92 Å². The zero-order valence-corrected chi connectivity index (χ0v) is 12.2. The molecule has 104 valence electrons. The Kier molecular flexibility index (Phi) is 3.90. The lowest BCUT2D eigenvalue weighted by Gasteiger charge is -2.41. The molecule has 2 nitrogen and oxygen atoms in total. The number of hydrogen-bond donors (Lipinski definition) is 1. The first-order valence-electron chi connectivity index (χ1n) is 7.80. The van der Waals surface area contributed by atoms with Crippen LogP contribution in [-0.4, -0.2) is 24.0 Å². The number of benzene rings is 1. The third-order valence-electron chi connectivity index (χ3n) is 5.21. The highest BCUT2D eigenvalue weighted by atomic mass is 15.2. The zero-order valence-electron chi connectivity index (χ0n) is 12.2. The number of hydrogen-bond acceptors (Lipinski definition) is 2. The van der Waals surface area contributed by atoms with E-state index in [1.807, 2.05) is 0 Å². The van der Waals surface area contributed by atoms with E-state index in [4.69, 9.17) is 0 Å². The van der Waals surface area contributed by atoms with Crippen molar-refractivity contribution in [3.8, 4) is 0 Å². The molecule has 2 aliphatic rings. The molecule has 2 heteroatoms. The first-order chi connectivity index (χ1) is 9.31. The molecule has 0 aromatic heterocycles. The molecule has 3 unspecified atom stereocenters. The van der Waals surface area contributed by atoms with Gasteiger partial charge in [-0.1, -0.05) is 37.6 Å². The van der Waals surface area contributed by atoms with E-state index in [-0.39, 0.29) is 0 Å². The van der Waals surface area contributed by atoms with Crippen molar-refractivity contribution in [1.29, 1.82) is 0 Å². The van der Waals surface area contributed by atoms with Crippen LogP contribution in [-0.2, 0) is 13.1 Å². The highest BCUT2D eigenvalue weighted by Crippen LogP contribution is 2.34. The Hall–Kier alpha value is -0.860. The van der Waals surface area contributed by atoms with Gasteiger partial charge in [0.05, 0.1) is 0 Å². The maximum Gasteiger partial charge on any atom is 0.0258 e. The van der Waals surface area contributed by atoms with E-state index in [1.165, 1.54) is 36.8 Å². The summed E-state index contributed by atoms with van der Waals surface area (Å²) in [5.74, 6) is 0.929. The molecule has 3 atom stereocenters. The van der Waals surface area contributed by atoms with Crippen LogP contribution in [0.1, 0.15) is 43.7 Å². The van der Waals surface area contributed by atoms with Crippen LogP contribution in [0.25, 0.3) is 0 Å². The van der Waals surface area contributed by atoms with Crippen molar-refractivity contribution in [2.24, 2.45) is 5.92 Å². The van der Waals surface area contributed by atoms with Crippen molar-refractivity contribution < 1.29 is 0 Å². The van der Waals surface area contributed by atoms with Gasteiger partial charge in [0, 0.05) is 25.2 Å². The fraction of sp³-hybridized carbons (Fsp3) is 0.647. The van der Waals surface area contributed by atoms with Gasteiger partial charge >= 0.3 is 0 Å². The average Bonchev–Trinajstić information content (AvgIpc) is 2.90. The van der Waals surface area contributed by atoms with Gasteiger partial charge in [0.2, 0.25) is 0 Å². The van der Waals surface area contributed by atoms with E-state index >= 15 is 0 Å². The van der Waals surface area contributed by atoms with Gasteiger partial charge < -0.3 is 5.32 Å². The smallest absolute Gasteiger partial charge is 0.0258 e. The highest BCUT2D eigenvalue weighted by molar-refractivity contribution is 5.30. The molecule has 1 aromatic rings. The molecule has 3 rings (SSSR count). The molecular weight excluding hydrogens is 232 g/mol. The van der Waals surface area contributed by atoms with Crippen molar-refractivity contribution in [3.63, 3.8) is 0 Å². The summed E-state index contributed by atoms with van der Waals surface area (Å²) in [5.41, 5.74) is 3.08. The van der Waals surface area contributed by atoms with Crippen molar-refractivity contribution in [2.45, 2.75) is 57.8 Å². The van der Waals surface area contributed by atoms with Gasteiger partial charge in [-0.2, -0.15) is 0 Å². The Morgan fingerprint density at radius 2 is 1.84 bits per heavy atom. The minimum atomic E-state index is 0.678. The topological polar surface area (TPSA) is 15.3 Å². The molecule has 1 fully saturated rings. The molecule has 0 radical (unpaired) electrons. The lowest BCUT2D eigenvalue weighted by atomic mass is 9.80. The van der Waals surface area contributed by atoms with E-state index < -0.39 is 0 Å². The molecule has 1 heterocycles. The zero-order chi connectivity index (χ0) is 13.2. The fourth-order valence-electron chi connectivity index (χ4n) is 3.94. The van der Waals surface area contributed by atoms with Crippen molar-refractivity contribution in [2.75, 3.05) is 7.05 Å². The largest absolute Gasteiger partial charge is 0.315 e. The number of rotatable bonds is 3. The summed E-state index contributed by atoms with van der Waals surface area (Å²) < 4.78 is 0. The first kappa shape index (κ1) is 13.1. The minimum Gasteiger partial charge on any atom is -0.315 e. The Labute approximate surface area is 117 Å². The highest BCUT2D eigenvalue weighted by Gasteiger charge is 2.35. The predicted molar refractivity (Wildman–Crippen MR) is 80.0 cm³/mol. The maximum atomic E-state index is 3.56. The van der Waals surface area contributed by atoms with Gasteiger partial charge in [0.1, 0.15) is 0 Å². The lowest BCUT2D eigenvalue weighted by molar-refractivity contribution is 0.0966. The third-order valence-corrected chi connectivity index (χ3v) is 5.21. The van der Waals surface area contributed by atoms with E-state index in [0.29, 0.717) is 6.04 Å². The van der Waals surface area contributed by atoms with Gasteiger partial charge in [-0.3, -0.25) is 4.90 Å². The molecule has 0 saturated heterocycles. The molecule has 1 aliphatic heterocycles. The normalized spacial score (nSPS) is 31.4. The van der Waals surface area contributed by atoms with Gasteiger partial charge in [-0.25, -0.2) is 0 Å². The second-order valence-electron chi connectivity index (χ2n) is 6.22. The molecule has 0 amide bonds. The van der Waals surface area contributed by atoms with Crippen LogP contribution in [0.15, 0.2) is 24.3 Å². The number of nitrogens with one attached hydrogen (secondary N) is 1. The van der Waals surface area contributed by atoms with Gasteiger partial charge in [-0.05, 0) is 43.4 Å². The lowest BCUT2D eigenvalue weighted by Crippen LogP contribution is -2.50. The van der Waals surface area contributed by atoms with Gasteiger partial charge in [0.15, 0.2) is 0 Å². The Balaban J connectivity index is 1.74. The summed E-state index contributed by atoms with van der Waals surface area (Å²) in [6.07, 6.45) is 5.45. The number of likely N-dealkylation sites (N-methyl/N-ethyl adjacent to an activating group) is 1. The van der Waals surface area contributed by atoms with Crippen LogP contribution < -0.4 is 5.32 Å². The third kappa shape index (κ3) is 2.56. The number of fused-ring (bicyclic) bond motifs is 1. The van der Waals surface area contributed by atoms with Crippen molar-refractivity contribution in [3.05, 3.63) is 35.4 Å². The second kappa shape index (κ2) is 5.64. The van der Waals surface area contributed by atoms with E-state index in [0.717, 1.165) is 25.0 Å². The summed E-state index contributed by atoms with van der Waals surface area (Å²) in [6, 6.07) is 10.3. The minimum absolute atomic E-state index is 0.678. The Morgan fingerprint density at radius 3 is 2.42 bits per heavy atom. The molecule has 0 spiro atoms.